The van der Waals surface area contributed by atoms with Crippen molar-refractivity contribution in [3.8, 4) is 0 Å². The smallest absolute Gasteiger partial charge is 0.233 e. The van der Waals surface area contributed by atoms with Gasteiger partial charge in [-0.3, -0.25) is 24.2 Å². The van der Waals surface area contributed by atoms with Crippen molar-refractivity contribution < 1.29 is 14.4 Å². The standard InChI is InChI=1S/C23H30ClN3O3/c24-19-10-4-3-9-18(19)20(26-12-5-6-13-26)15-25-21(28)11-14-27-22(29)16-7-1-2-8-17(16)23(27)30/h3-4,9-10,16-17,20H,1-2,5-8,11-15H2,(H,25,28)/t16-,17+,20-/m1/s1. The number of hydrogen-bond donors (Lipinski definition) is 1. The Hall–Kier alpha value is -1.92. The Morgan fingerprint density at radius 1 is 1.03 bits per heavy atom. The Labute approximate surface area is 182 Å². The molecule has 2 aliphatic heterocycles. The van der Waals surface area contributed by atoms with Gasteiger partial charge in [-0.2, -0.15) is 0 Å². The summed E-state index contributed by atoms with van der Waals surface area (Å²) in [4.78, 5) is 41.4. The molecule has 4 rings (SSSR count). The molecule has 0 spiro atoms. The van der Waals surface area contributed by atoms with Gasteiger partial charge in [0.25, 0.3) is 0 Å². The van der Waals surface area contributed by atoms with Crippen LogP contribution in [0.2, 0.25) is 5.02 Å². The molecule has 162 valence electrons. The lowest BCUT2D eigenvalue weighted by atomic mass is 9.81. The van der Waals surface area contributed by atoms with Gasteiger partial charge in [0.15, 0.2) is 0 Å². The van der Waals surface area contributed by atoms with Crippen LogP contribution >= 0.6 is 11.6 Å². The molecule has 0 aromatic heterocycles. The molecule has 0 radical (unpaired) electrons. The molecule has 1 saturated carbocycles. The maximum absolute atomic E-state index is 12.6. The quantitative estimate of drug-likeness (QED) is 0.673. The molecule has 0 bridgehead atoms. The van der Waals surface area contributed by atoms with E-state index in [0.29, 0.717) is 11.6 Å². The van der Waals surface area contributed by atoms with Crippen LogP contribution in [0.4, 0.5) is 0 Å². The molecule has 3 fully saturated rings. The number of likely N-dealkylation sites (tertiary alicyclic amines) is 2. The third kappa shape index (κ3) is 4.40. The van der Waals surface area contributed by atoms with E-state index in [4.69, 9.17) is 11.6 Å². The Morgan fingerprint density at radius 2 is 1.67 bits per heavy atom. The highest BCUT2D eigenvalue weighted by atomic mass is 35.5. The molecule has 6 nitrogen and oxygen atoms in total. The number of hydrogen-bond acceptors (Lipinski definition) is 4. The van der Waals surface area contributed by atoms with Crippen molar-refractivity contribution >= 4 is 29.3 Å². The monoisotopic (exact) mass is 431 g/mol. The van der Waals surface area contributed by atoms with Crippen molar-refractivity contribution in [1.82, 2.24) is 15.1 Å². The summed E-state index contributed by atoms with van der Waals surface area (Å²) >= 11 is 6.43. The highest BCUT2D eigenvalue weighted by Crippen LogP contribution is 2.38. The van der Waals surface area contributed by atoms with Gasteiger partial charge in [0.1, 0.15) is 0 Å². The average Bonchev–Trinajstić information content (AvgIpc) is 3.36. The van der Waals surface area contributed by atoms with Gasteiger partial charge in [0.2, 0.25) is 17.7 Å². The summed E-state index contributed by atoms with van der Waals surface area (Å²) in [5, 5.41) is 3.72. The molecule has 2 saturated heterocycles. The molecular weight excluding hydrogens is 402 g/mol. The van der Waals surface area contributed by atoms with Crippen molar-refractivity contribution in [3.63, 3.8) is 0 Å². The van der Waals surface area contributed by atoms with Crippen molar-refractivity contribution in [3.05, 3.63) is 34.9 Å². The highest BCUT2D eigenvalue weighted by molar-refractivity contribution is 6.31. The third-order valence-corrected chi connectivity index (χ3v) is 7.18. The van der Waals surface area contributed by atoms with Gasteiger partial charge in [-0.25, -0.2) is 0 Å². The number of halogens is 1. The fourth-order valence-electron chi connectivity index (χ4n) is 5.20. The average molecular weight is 432 g/mol. The molecule has 1 N–H and O–H groups in total. The van der Waals surface area contributed by atoms with Crippen LogP contribution in [-0.2, 0) is 14.4 Å². The Balaban J connectivity index is 1.33. The van der Waals surface area contributed by atoms with Gasteiger partial charge in [-0.05, 0) is 50.4 Å². The number of nitrogens with zero attached hydrogens (tertiary/aromatic N) is 2. The Kier molecular flexibility index (Phi) is 6.74. The lowest BCUT2D eigenvalue weighted by Gasteiger charge is -2.29. The number of imide groups is 1. The molecule has 7 heteroatoms. The van der Waals surface area contributed by atoms with Crippen LogP contribution in [0.5, 0.6) is 0 Å². The SMILES string of the molecule is O=C(CCN1C(=O)[C@H]2CCCC[C@H]2C1=O)NC[C@H](c1ccccc1Cl)N1CCCC1. The van der Waals surface area contributed by atoms with Crippen LogP contribution in [0, 0.1) is 11.8 Å². The lowest BCUT2D eigenvalue weighted by molar-refractivity contribution is -0.140. The summed E-state index contributed by atoms with van der Waals surface area (Å²) in [6, 6.07) is 7.80. The van der Waals surface area contributed by atoms with Gasteiger partial charge >= 0.3 is 0 Å². The number of fused-ring (bicyclic) bond motifs is 1. The van der Waals surface area contributed by atoms with E-state index >= 15 is 0 Å². The number of carbonyl (C=O) groups is 3. The highest BCUT2D eigenvalue weighted by Gasteiger charge is 2.47. The first-order valence-electron chi connectivity index (χ1n) is 11.2. The van der Waals surface area contributed by atoms with Gasteiger partial charge in [0.05, 0.1) is 17.9 Å². The maximum Gasteiger partial charge on any atom is 0.233 e. The predicted molar refractivity (Wildman–Crippen MR) is 115 cm³/mol. The van der Waals surface area contributed by atoms with Crippen molar-refractivity contribution in [1.29, 1.82) is 0 Å². The minimum absolute atomic E-state index is 0.0306. The van der Waals surface area contributed by atoms with Crippen molar-refractivity contribution in [2.45, 2.75) is 51.0 Å². The summed E-state index contributed by atoms with van der Waals surface area (Å²) in [7, 11) is 0. The van der Waals surface area contributed by atoms with Gasteiger partial charge in [-0.15, -0.1) is 0 Å². The summed E-state index contributed by atoms with van der Waals surface area (Å²) in [6.07, 6.45) is 6.06. The predicted octanol–water partition coefficient (Wildman–Crippen LogP) is 3.16. The van der Waals surface area contributed by atoms with E-state index in [1.807, 2.05) is 24.3 Å². The first kappa shape index (κ1) is 21.3. The molecule has 1 aromatic carbocycles. The van der Waals surface area contributed by atoms with Gasteiger partial charge < -0.3 is 5.32 Å². The molecular formula is C23H30ClN3O3. The lowest BCUT2D eigenvalue weighted by Crippen LogP contribution is -2.39. The number of nitrogens with one attached hydrogen (secondary N) is 1. The van der Waals surface area contributed by atoms with E-state index in [0.717, 1.165) is 57.2 Å². The number of benzene rings is 1. The van der Waals surface area contributed by atoms with Crippen LogP contribution in [0.15, 0.2) is 24.3 Å². The summed E-state index contributed by atoms with van der Waals surface area (Å²) in [5.74, 6) is -0.614. The molecule has 2 heterocycles. The molecule has 1 aromatic rings. The Bertz CT molecular complexity index is 785. The maximum atomic E-state index is 12.6. The van der Waals surface area contributed by atoms with E-state index in [1.165, 1.54) is 4.90 Å². The van der Waals surface area contributed by atoms with Gasteiger partial charge in [-0.1, -0.05) is 42.6 Å². The first-order chi connectivity index (χ1) is 14.6. The van der Waals surface area contributed by atoms with E-state index in [2.05, 4.69) is 10.2 Å². The zero-order valence-corrected chi connectivity index (χ0v) is 18.1. The zero-order valence-electron chi connectivity index (χ0n) is 17.3. The molecule has 1 aliphatic carbocycles. The van der Waals surface area contributed by atoms with E-state index < -0.39 is 0 Å². The molecule has 3 amide bonds. The minimum atomic E-state index is -0.158. The zero-order chi connectivity index (χ0) is 21.1. The van der Waals surface area contributed by atoms with Crippen LogP contribution in [0.3, 0.4) is 0 Å². The molecule has 3 aliphatic rings. The van der Waals surface area contributed by atoms with Crippen LogP contribution in [-0.4, -0.2) is 53.7 Å². The van der Waals surface area contributed by atoms with Crippen LogP contribution in [0.1, 0.15) is 56.6 Å². The summed E-state index contributed by atoms with van der Waals surface area (Å²) < 4.78 is 0. The number of amides is 3. The normalized spacial score (nSPS) is 25.4. The summed E-state index contributed by atoms with van der Waals surface area (Å²) in [5.41, 5.74) is 1.02. The minimum Gasteiger partial charge on any atom is -0.354 e. The summed E-state index contributed by atoms with van der Waals surface area (Å²) in [6.45, 7) is 2.63. The fraction of sp³-hybridized carbons (Fsp3) is 0.609. The van der Waals surface area contributed by atoms with Crippen LogP contribution < -0.4 is 5.32 Å². The fourth-order valence-corrected chi connectivity index (χ4v) is 5.46. The molecule has 0 unspecified atom stereocenters. The largest absolute Gasteiger partial charge is 0.354 e. The van der Waals surface area contributed by atoms with E-state index in [1.54, 1.807) is 0 Å². The number of carbonyl (C=O) groups excluding carboxylic acids is 3. The van der Waals surface area contributed by atoms with E-state index in [9.17, 15) is 14.4 Å². The Morgan fingerprint density at radius 3 is 2.30 bits per heavy atom. The van der Waals surface area contributed by atoms with E-state index in [-0.39, 0.29) is 48.6 Å². The second kappa shape index (κ2) is 9.48. The second-order valence-corrected chi connectivity index (χ2v) is 9.07. The van der Waals surface area contributed by atoms with Crippen molar-refractivity contribution in [2.24, 2.45) is 11.8 Å². The van der Waals surface area contributed by atoms with Gasteiger partial charge in [0, 0.05) is 24.5 Å². The van der Waals surface area contributed by atoms with Crippen LogP contribution in [0.25, 0.3) is 0 Å². The first-order valence-corrected chi connectivity index (χ1v) is 11.5. The number of rotatable bonds is 7. The molecule has 3 atom stereocenters. The third-order valence-electron chi connectivity index (χ3n) is 6.83. The molecule has 30 heavy (non-hydrogen) atoms. The second-order valence-electron chi connectivity index (χ2n) is 8.66. The topological polar surface area (TPSA) is 69.7 Å². The van der Waals surface area contributed by atoms with Crippen molar-refractivity contribution in [2.75, 3.05) is 26.2 Å².